The van der Waals surface area contributed by atoms with E-state index in [0.29, 0.717) is 4.99 Å². The fourth-order valence-electron chi connectivity index (χ4n) is 0.912. The molecule has 0 fully saturated rings. The lowest BCUT2D eigenvalue weighted by Crippen LogP contribution is -2.08. The van der Waals surface area contributed by atoms with E-state index < -0.39 is 0 Å². The molecule has 0 aliphatic rings. The fraction of sp³-hybridized carbons (Fsp3) is 0.222. The van der Waals surface area contributed by atoms with Crippen molar-refractivity contribution in [2.24, 2.45) is 5.73 Å². The van der Waals surface area contributed by atoms with Gasteiger partial charge in [0.25, 0.3) is 0 Å². The summed E-state index contributed by atoms with van der Waals surface area (Å²) in [6.07, 6.45) is 1.76. The van der Waals surface area contributed by atoms with Gasteiger partial charge in [0.15, 0.2) is 0 Å². The third kappa shape index (κ3) is 3.14. The van der Waals surface area contributed by atoms with Gasteiger partial charge in [-0.2, -0.15) is 0 Å². The van der Waals surface area contributed by atoms with E-state index in [9.17, 15) is 0 Å². The second-order valence-electron chi connectivity index (χ2n) is 2.45. The largest absolute Gasteiger partial charge is 0.393 e. The van der Waals surface area contributed by atoms with E-state index in [1.165, 1.54) is 5.56 Å². The Kier molecular flexibility index (Phi) is 3.05. The van der Waals surface area contributed by atoms with Crippen molar-refractivity contribution in [2.75, 3.05) is 0 Å². The minimum Gasteiger partial charge on any atom is -0.393 e. The zero-order valence-electron chi connectivity index (χ0n) is 6.29. The van der Waals surface area contributed by atoms with Gasteiger partial charge in [-0.1, -0.05) is 42.5 Å². The summed E-state index contributed by atoms with van der Waals surface area (Å²) in [4.78, 5) is 0.592. The Morgan fingerprint density at radius 2 is 1.91 bits per heavy atom. The van der Waals surface area contributed by atoms with Crippen molar-refractivity contribution in [1.29, 1.82) is 0 Å². The van der Waals surface area contributed by atoms with E-state index >= 15 is 0 Å². The van der Waals surface area contributed by atoms with Crippen LogP contribution in [0.25, 0.3) is 0 Å². The summed E-state index contributed by atoms with van der Waals surface area (Å²) in [5, 5.41) is 0. The average molecular weight is 165 g/mol. The summed E-state index contributed by atoms with van der Waals surface area (Å²) >= 11 is 4.77. The molecule has 0 saturated heterocycles. The minimum absolute atomic E-state index is 0.592. The molecule has 11 heavy (non-hydrogen) atoms. The first-order valence-corrected chi connectivity index (χ1v) is 4.02. The Bertz CT molecular complexity index is 231. The molecular formula is C9H11NS. The number of nitrogens with two attached hydrogens (primary N) is 1. The third-order valence-corrected chi connectivity index (χ3v) is 1.71. The molecule has 1 aromatic rings. The molecule has 0 radical (unpaired) electrons. The Hall–Kier alpha value is -0.890. The van der Waals surface area contributed by atoms with Crippen LogP contribution in [0, 0.1) is 0 Å². The second kappa shape index (κ2) is 4.09. The molecule has 0 aromatic heterocycles. The Morgan fingerprint density at radius 1 is 1.27 bits per heavy atom. The van der Waals surface area contributed by atoms with E-state index in [2.05, 4.69) is 12.1 Å². The number of benzene rings is 1. The standard InChI is InChI=1S/C9H11NS/c10-9(11)7-6-8-4-2-1-3-5-8/h1-5H,6-7H2,(H2,10,11). The molecule has 1 rings (SSSR count). The van der Waals surface area contributed by atoms with Crippen LogP contribution in [0.2, 0.25) is 0 Å². The number of hydrogen-bond donors (Lipinski definition) is 1. The lowest BCUT2D eigenvalue weighted by Gasteiger charge is -1.97. The molecule has 0 saturated carbocycles. The van der Waals surface area contributed by atoms with Crippen molar-refractivity contribution in [3.05, 3.63) is 35.9 Å². The van der Waals surface area contributed by atoms with E-state index in [1.807, 2.05) is 18.2 Å². The predicted molar refractivity (Wildman–Crippen MR) is 51.5 cm³/mol. The second-order valence-corrected chi connectivity index (χ2v) is 2.98. The SMILES string of the molecule is NC(=S)CCc1ccccc1. The van der Waals surface area contributed by atoms with Gasteiger partial charge in [-0.3, -0.25) is 0 Å². The van der Waals surface area contributed by atoms with E-state index in [4.69, 9.17) is 18.0 Å². The Morgan fingerprint density at radius 3 is 2.45 bits per heavy atom. The molecule has 0 atom stereocenters. The first-order chi connectivity index (χ1) is 5.29. The van der Waals surface area contributed by atoms with Crippen LogP contribution in [0.1, 0.15) is 12.0 Å². The first kappa shape index (κ1) is 8.21. The maximum Gasteiger partial charge on any atom is 0.0730 e. The van der Waals surface area contributed by atoms with Gasteiger partial charge in [0.05, 0.1) is 4.99 Å². The molecule has 0 bridgehead atoms. The van der Waals surface area contributed by atoms with Crippen LogP contribution in [0.15, 0.2) is 30.3 Å². The van der Waals surface area contributed by atoms with Gasteiger partial charge in [-0.25, -0.2) is 0 Å². The lowest BCUT2D eigenvalue weighted by molar-refractivity contribution is 1.04. The van der Waals surface area contributed by atoms with Crippen molar-refractivity contribution in [1.82, 2.24) is 0 Å². The summed E-state index contributed by atoms with van der Waals surface area (Å²) in [7, 11) is 0. The zero-order chi connectivity index (χ0) is 8.10. The van der Waals surface area contributed by atoms with Crippen LogP contribution in [0.5, 0.6) is 0 Å². The molecule has 58 valence electrons. The van der Waals surface area contributed by atoms with Crippen molar-refractivity contribution in [3.8, 4) is 0 Å². The molecular weight excluding hydrogens is 154 g/mol. The third-order valence-electron chi connectivity index (χ3n) is 1.50. The van der Waals surface area contributed by atoms with Crippen LogP contribution in [0.3, 0.4) is 0 Å². The number of hydrogen-bond acceptors (Lipinski definition) is 1. The van der Waals surface area contributed by atoms with Gasteiger partial charge in [0.1, 0.15) is 0 Å². The minimum atomic E-state index is 0.592. The molecule has 0 spiro atoms. The highest BCUT2D eigenvalue weighted by molar-refractivity contribution is 7.80. The van der Waals surface area contributed by atoms with Crippen LogP contribution >= 0.6 is 12.2 Å². The molecule has 2 heteroatoms. The van der Waals surface area contributed by atoms with Gasteiger partial charge in [0.2, 0.25) is 0 Å². The van der Waals surface area contributed by atoms with Gasteiger partial charge in [-0.05, 0) is 12.0 Å². The molecule has 0 aliphatic carbocycles. The first-order valence-electron chi connectivity index (χ1n) is 3.61. The maximum atomic E-state index is 5.37. The van der Waals surface area contributed by atoms with E-state index in [0.717, 1.165) is 12.8 Å². The summed E-state index contributed by atoms with van der Waals surface area (Å²) in [6.45, 7) is 0. The molecule has 0 amide bonds. The Balaban J connectivity index is 2.45. The summed E-state index contributed by atoms with van der Waals surface area (Å²) in [5.74, 6) is 0. The quantitative estimate of drug-likeness (QED) is 0.692. The molecule has 0 aliphatic heterocycles. The predicted octanol–water partition coefficient (Wildman–Crippen LogP) is 1.91. The molecule has 0 unspecified atom stereocenters. The van der Waals surface area contributed by atoms with Crippen molar-refractivity contribution in [2.45, 2.75) is 12.8 Å². The van der Waals surface area contributed by atoms with Gasteiger partial charge >= 0.3 is 0 Å². The highest BCUT2D eigenvalue weighted by Crippen LogP contribution is 2.01. The normalized spacial score (nSPS) is 9.45. The van der Waals surface area contributed by atoms with Crippen LogP contribution < -0.4 is 5.73 Å². The van der Waals surface area contributed by atoms with Gasteiger partial charge < -0.3 is 5.73 Å². The van der Waals surface area contributed by atoms with Crippen molar-refractivity contribution >= 4 is 17.2 Å². The average Bonchev–Trinajstić information content (AvgIpc) is 2.03. The molecule has 0 heterocycles. The highest BCUT2D eigenvalue weighted by atomic mass is 32.1. The Labute approximate surface area is 72.2 Å². The zero-order valence-corrected chi connectivity index (χ0v) is 7.10. The van der Waals surface area contributed by atoms with E-state index in [-0.39, 0.29) is 0 Å². The van der Waals surface area contributed by atoms with Crippen molar-refractivity contribution in [3.63, 3.8) is 0 Å². The summed E-state index contributed by atoms with van der Waals surface area (Å²) in [5.41, 5.74) is 6.66. The molecule has 1 nitrogen and oxygen atoms in total. The van der Waals surface area contributed by atoms with Gasteiger partial charge in [0, 0.05) is 6.42 Å². The van der Waals surface area contributed by atoms with Crippen LogP contribution in [0.4, 0.5) is 0 Å². The van der Waals surface area contributed by atoms with Crippen molar-refractivity contribution < 1.29 is 0 Å². The summed E-state index contributed by atoms with van der Waals surface area (Å²) < 4.78 is 0. The van der Waals surface area contributed by atoms with Crippen LogP contribution in [-0.2, 0) is 6.42 Å². The summed E-state index contributed by atoms with van der Waals surface area (Å²) in [6, 6.07) is 10.2. The topological polar surface area (TPSA) is 26.0 Å². The maximum absolute atomic E-state index is 5.37. The molecule has 2 N–H and O–H groups in total. The smallest absolute Gasteiger partial charge is 0.0730 e. The van der Waals surface area contributed by atoms with E-state index in [1.54, 1.807) is 0 Å². The number of thiocarbonyl (C=S) groups is 1. The van der Waals surface area contributed by atoms with Crippen LogP contribution in [-0.4, -0.2) is 4.99 Å². The highest BCUT2D eigenvalue weighted by Gasteiger charge is 1.91. The number of aryl methyl sites for hydroxylation is 1. The lowest BCUT2D eigenvalue weighted by atomic mass is 10.1. The monoisotopic (exact) mass is 165 g/mol. The fourth-order valence-corrected chi connectivity index (χ4v) is 1.01. The van der Waals surface area contributed by atoms with Gasteiger partial charge in [-0.15, -0.1) is 0 Å². The number of rotatable bonds is 3. The molecule has 1 aromatic carbocycles.